The lowest BCUT2D eigenvalue weighted by Gasteiger charge is -2.28. The van der Waals surface area contributed by atoms with Crippen molar-refractivity contribution in [2.45, 2.75) is 25.3 Å². The van der Waals surface area contributed by atoms with Crippen LogP contribution in [0.3, 0.4) is 0 Å². The van der Waals surface area contributed by atoms with Crippen LogP contribution in [0, 0.1) is 0 Å². The molecule has 3 heteroatoms. The molecule has 1 fully saturated rings. The van der Waals surface area contributed by atoms with Crippen LogP contribution < -0.4 is 0 Å². The minimum Gasteiger partial charge on any atom is -0.466 e. The molecular weight excluding hydrogens is 166 g/mol. The van der Waals surface area contributed by atoms with Crippen molar-refractivity contribution < 1.29 is 9.53 Å². The van der Waals surface area contributed by atoms with Crippen LogP contribution >= 0.6 is 0 Å². The van der Waals surface area contributed by atoms with Crippen LogP contribution in [0.1, 0.15) is 19.3 Å². The summed E-state index contributed by atoms with van der Waals surface area (Å²) in [6, 6.07) is 0.688. The summed E-state index contributed by atoms with van der Waals surface area (Å²) in [7, 11) is 1.44. The van der Waals surface area contributed by atoms with Crippen LogP contribution in [0.5, 0.6) is 0 Å². The maximum Gasteiger partial charge on any atom is 0.334 e. The SMILES string of the molecule is COC(=O)C1=CC[C@@H]2CCCN2C1. The topological polar surface area (TPSA) is 29.5 Å². The average Bonchev–Trinajstić information content (AvgIpc) is 2.63. The average molecular weight is 181 g/mol. The number of hydrogen-bond acceptors (Lipinski definition) is 3. The smallest absolute Gasteiger partial charge is 0.334 e. The van der Waals surface area contributed by atoms with Gasteiger partial charge in [-0.2, -0.15) is 0 Å². The Morgan fingerprint density at radius 1 is 1.69 bits per heavy atom. The van der Waals surface area contributed by atoms with E-state index in [2.05, 4.69) is 4.90 Å². The minimum atomic E-state index is -0.162. The summed E-state index contributed by atoms with van der Waals surface area (Å²) >= 11 is 0. The number of methoxy groups -OCH3 is 1. The monoisotopic (exact) mass is 181 g/mol. The van der Waals surface area contributed by atoms with Crippen LogP contribution in [0.4, 0.5) is 0 Å². The van der Waals surface area contributed by atoms with Gasteiger partial charge in [0.05, 0.1) is 7.11 Å². The van der Waals surface area contributed by atoms with Gasteiger partial charge in [0.2, 0.25) is 0 Å². The fraction of sp³-hybridized carbons (Fsp3) is 0.700. The van der Waals surface area contributed by atoms with E-state index in [0.717, 1.165) is 25.1 Å². The van der Waals surface area contributed by atoms with Gasteiger partial charge in [-0.1, -0.05) is 6.08 Å². The maximum atomic E-state index is 11.2. The highest BCUT2D eigenvalue weighted by molar-refractivity contribution is 5.89. The molecule has 0 aliphatic carbocycles. The number of esters is 1. The van der Waals surface area contributed by atoms with Gasteiger partial charge in [-0.3, -0.25) is 4.90 Å². The van der Waals surface area contributed by atoms with Crippen molar-refractivity contribution in [3.05, 3.63) is 11.6 Å². The molecule has 0 aromatic carbocycles. The molecular formula is C10H15NO2. The van der Waals surface area contributed by atoms with Gasteiger partial charge in [-0.25, -0.2) is 4.79 Å². The molecule has 2 heterocycles. The van der Waals surface area contributed by atoms with Crippen LogP contribution in [-0.2, 0) is 9.53 Å². The zero-order valence-corrected chi connectivity index (χ0v) is 7.95. The van der Waals surface area contributed by atoms with Crippen molar-refractivity contribution in [2.75, 3.05) is 20.2 Å². The van der Waals surface area contributed by atoms with E-state index >= 15 is 0 Å². The molecule has 0 N–H and O–H groups in total. The Morgan fingerprint density at radius 2 is 2.54 bits per heavy atom. The first-order valence-corrected chi connectivity index (χ1v) is 4.82. The van der Waals surface area contributed by atoms with Crippen molar-refractivity contribution >= 4 is 5.97 Å². The van der Waals surface area contributed by atoms with E-state index < -0.39 is 0 Å². The first-order valence-electron chi connectivity index (χ1n) is 4.82. The summed E-state index contributed by atoms with van der Waals surface area (Å²) in [5, 5.41) is 0. The molecule has 0 aromatic rings. The number of ether oxygens (including phenoxy) is 1. The first kappa shape index (κ1) is 8.75. The number of rotatable bonds is 1. The molecule has 0 unspecified atom stereocenters. The van der Waals surface area contributed by atoms with Gasteiger partial charge in [-0.15, -0.1) is 0 Å². The van der Waals surface area contributed by atoms with Crippen LogP contribution in [0.15, 0.2) is 11.6 Å². The van der Waals surface area contributed by atoms with Gasteiger partial charge < -0.3 is 4.74 Å². The van der Waals surface area contributed by atoms with E-state index in [9.17, 15) is 4.79 Å². The largest absolute Gasteiger partial charge is 0.466 e. The third-order valence-electron chi connectivity index (χ3n) is 2.96. The molecule has 0 bridgehead atoms. The van der Waals surface area contributed by atoms with Gasteiger partial charge >= 0.3 is 5.97 Å². The van der Waals surface area contributed by atoms with Crippen molar-refractivity contribution in [3.8, 4) is 0 Å². The van der Waals surface area contributed by atoms with Gasteiger partial charge in [0.25, 0.3) is 0 Å². The lowest BCUT2D eigenvalue weighted by atomic mass is 10.0. The van der Waals surface area contributed by atoms with Gasteiger partial charge in [-0.05, 0) is 25.8 Å². The van der Waals surface area contributed by atoms with Gasteiger partial charge in [0.1, 0.15) is 0 Å². The first-order chi connectivity index (χ1) is 6.31. The Morgan fingerprint density at radius 3 is 3.31 bits per heavy atom. The van der Waals surface area contributed by atoms with Gasteiger partial charge in [0.15, 0.2) is 0 Å². The number of carbonyl (C=O) groups is 1. The zero-order valence-electron chi connectivity index (χ0n) is 7.95. The lowest BCUT2D eigenvalue weighted by Crippen LogP contribution is -2.36. The Hall–Kier alpha value is -0.830. The molecule has 0 aromatic heterocycles. The second kappa shape index (κ2) is 3.50. The number of hydrogen-bond donors (Lipinski definition) is 0. The molecule has 0 amide bonds. The summed E-state index contributed by atoms with van der Waals surface area (Å²) in [4.78, 5) is 13.6. The fourth-order valence-electron chi connectivity index (χ4n) is 2.21. The second-order valence-electron chi connectivity index (χ2n) is 3.72. The van der Waals surface area contributed by atoms with E-state index in [-0.39, 0.29) is 5.97 Å². The van der Waals surface area contributed by atoms with E-state index in [1.54, 1.807) is 0 Å². The highest BCUT2D eigenvalue weighted by Gasteiger charge is 2.29. The summed E-state index contributed by atoms with van der Waals surface area (Å²) in [6.45, 7) is 1.93. The third kappa shape index (κ3) is 1.61. The molecule has 0 radical (unpaired) electrons. The van der Waals surface area contributed by atoms with Crippen molar-refractivity contribution in [3.63, 3.8) is 0 Å². The molecule has 2 rings (SSSR count). The van der Waals surface area contributed by atoms with Crippen LogP contribution in [0.25, 0.3) is 0 Å². The molecule has 1 atom stereocenters. The maximum absolute atomic E-state index is 11.2. The normalized spacial score (nSPS) is 28.1. The number of nitrogens with zero attached hydrogens (tertiary/aromatic N) is 1. The molecule has 13 heavy (non-hydrogen) atoms. The predicted molar refractivity (Wildman–Crippen MR) is 49.3 cm³/mol. The molecule has 3 nitrogen and oxygen atoms in total. The van der Waals surface area contributed by atoms with Crippen molar-refractivity contribution in [2.24, 2.45) is 0 Å². The molecule has 0 spiro atoms. The Bertz CT molecular complexity index is 247. The fourth-order valence-corrected chi connectivity index (χ4v) is 2.21. The summed E-state index contributed by atoms with van der Waals surface area (Å²) < 4.78 is 4.70. The molecule has 1 saturated heterocycles. The minimum absolute atomic E-state index is 0.162. The molecule has 2 aliphatic heterocycles. The Balaban J connectivity index is 2.04. The predicted octanol–water partition coefficient (Wildman–Crippen LogP) is 0.954. The van der Waals surface area contributed by atoms with E-state index in [1.807, 2.05) is 6.08 Å². The zero-order chi connectivity index (χ0) is 9.26. The second-order valence-corrected chi connectivity index (χ2v) is 3.72. The van der Waals surface area contributed by atoms with E-state index in [4.69, 9.17) is 4.74 Å². The van der Waals surface area contributed by atoms with Gasteiger partial charge in [0, 0.05) is 18.2 Å². The number of carbonyl (C=O) groups excluding carboxylic acids is 1. The molecule has 2 aliphatic rings. The molecule has 72 valence electrons. The van der Waals surface area contributed by atoms with E-state index in [1.165, 1.54) is 20.0 Å². The standard InChI is InChI=1S/C10H15NO2/c1-13-10(12)8-4-5-9-3-2-6-11(9)7-8/h4,9H,2-3,5-7H2,1H3/t9-/m0/s1. The van der Waals surface area contributed by atoms with E-state index in [0.29, 0.717) is 6.04 Å². The summed E-state index contributed by atoms with van der Waals surface area (Å²) in [5.74, 6) is -0.162. The Labute approximate surface area is 78.4 Å². The lowest BCUT2D eigenvalue weighted by molar-refractivity contribution is -0.136. The van der Waals surface area contributed by atoms with Crippen LogP contribution in [0.2, 0.25) is 0 Å². The third-order valence-corrected chi connectivity index (χ3v) is 2.96. The highest BCUT2D eigenvalue weighted by atomic mass is 16.5. The quantitative estimate of drug-likeness (QED) is 0.564. The van der Waals surface area contributed by atoms with Crippen LogP contribution in [-0.4, -0.2) is 37.1 Å². The summed E-state index contributed by atoms with van der Waals surface area (Å²) in [6.07, 6.45) is 5.61. The molecule has 0 saturated carbocycles. The number of fused-ring (bicyclic) bond motifs is 1. The van der Waals surface area contributed by atoms with Crippen molar-refractivity contribution in [1.29, 1.82) is 0 Å². The highest BCUT2D eigenvalue weighted by Crippen LogP contribution is 2.26. The summed E-state index contributed by atoms with van der Waals surface area (Å²) in [5.41, 5.74) is 0.834. The van der Waals surface area contributed by atoms with Crippen molar-refractivity contribution in [1.82, 2.24) is 4.90 Å². The Kier molecular flexibility index (Phi) is 2.36.